The van der Waals surface area contributed by atoms with Crippen molar-refractivity contribution in [1.82, 2.24) is 9.88 Å². The molecule has 4 nitrogen and oxygen atoms in total. The number of halogens is 1. The molecular formula is C17H22FN3OS. The maximum Gasteiger partial charge on any atom is 0.228 e. The molecule has 2 aromatic rings. The molecule has 0 aliphatic rings. The second-order valence-electron chi connectivity index (χ2n) is 6.45. The van der Waals surface area contributed by atoms with E-state index in [1.807, 2.05) is 25.3 Å². The van der Waals surface area contributed by atoms with Crippen LogP contribution in [0.4, 0.5) is 4.39 Å². The lowest BCUT2D eigenvalue weighted by Gasteiger charge is -2.28. The summed E-state index contributed by atoms with van der Waals surface area (Å²) in [6.45, 7) is 5.18. The monoisotopic (exact) mass is 335 g/mol. The number of aromatic nitrogens is 1. The van der Waals surface area contributed by atoms with E-state index in [2.05, 4.69) is 4.98 Å². The van der Waals surface area contributed by atoms with E-state index < -0.39 is 0 Å². The Balaban J connectivity index is 2.03. The van der Waals surface area contributed by atoms with Crippen molar-refractivity contribution in [2.45, 2.75) is 20.3 Å². The molecule has 0 fully saturated rings. The zero-order valence-corrected chi connectivity index (χ0v) is 14.5. The average molecular weight is 335 g/mol. The molecule has 124 valence electrons. The molecule has 1 heterocycles. The zero-order chi connectivity index (χ0) is 17.0. The zero-order valence-electron chi connectivity index (χ0n) is 13.7. The van der Waals surface area contributed by atoms with Gasteiger partial charge in [0.2, 0.25) is 5.91 Å². The van der Waals surface area contributed by atoms with E-state index in [-0.39, 0.29) is 23.6 Å². The third-order valence-electron chi connectivity index (χ3n) is 3.60. The largest absolute Gasteiger partial charge is 0.345 e. The second kappa shape index (κ2) is 7.19. The van der Waals surface area contributed by atoms with Crippen molar-refractivity contribution in [3.8, 4) is 10.6 Å². The number of carbonyl (C=O) groups is 1. The van der Waals surface area contributed by atoms with Crippen LogP contribution in [-0.2, 0) is 11.2 Å². The van der Waals surface area contributed by atoms with Crippen LogP contribution in [0.5, 0.6) is 0 Å². The topological polar surface area (TPSA) is 59.2 Å². The molecule has 6 heteroatoms. The fourth-order valence-corrected chi connectivity index (χ4v) is 3.04. The van der Waals surface area contributed by atoms with Crippen LogP contribution in [0, 0.1) is 11.2 Å². The standard InChI is InChI=1S/C17H22FN3OS/c1-17(2,10-19)11-21(3)15(22)8-14-9-23-16(20-14)12-5-4-6-13(18)7-12/h4-7,9H,8,10-11,19H2,1-3H3. The first-order valence-corrected chi connectivity index (χ1v) is 8.33. The fraction of sp³-hybridized carbons (Fsp3) is 0.412. The summed E-state index contributed by atoms with van der Waals surface area (Å²) >= 11 is 1.41. The van der Waals surface area contributed by atoms with Crippen LogP contribution in [0.2, 0.25) is 0 Å². The normalized spacial score (nSPS) is 11.5. The van der Waals surface area contributed by atoms with Gasteiger partial charge >= 0.3 is 0 Å². The van der Waals surface area contributed by atoms with Crippen molar-refractivity contribution in [3.63, 3.8) is 0 Å². The third kappa shape index (κ3) is 4.84. The van der Waals surface area contributed by atoms with Gasteiger partial charge in [-0.3, -0.25) is 4.79 Å². The van der Waals surface area contributed by atoms with Crippen molar-refractivity contribution in [1.29, 1.82) is 0 Å². The summed E-state index contributed by atoms with van der Waals surface area (Å²) in [5.41, 5.74) is 7.03. The quantitative estimate of drug-likeness (QED) is 0.883. The van der Waals surface area contributed by atoms with Crippen LogP contribution in [0.15, 0.2) is 29.6 Å². The summed E-state index contributed by atoms with van der Waals surface area (Å²) in [5, 5.41) is 2.57. The molecule has 2 rings (SSSR count). The van der Waals surface area contributed by atoms with Gasteiger partial charge in [-0.15, -0.1) is 11.3 Å². The highest BCUT2D eigenvalue weighted by atomic mass is 32.1. The first-order valence-electron chi connectivity index (χ1n) is 7.45. The van der Waals surface area contributed by atoms with Crippen LogP contribution in [0.1, 0.15) is 19.5 Å². The summed E-state index contributed by atoms with van der Waals surface area (Å²) in [6.07, 6.45) is 0.239. The predicted molar refractivity (Wildman–Crippen MR) is 91.7 cm³/mol. The molecule has 0 saturated heterocycles. The van der Waals surface area contributed by atoms with E-state index in [0.29, 0.717) is 18.8 Å². The first-order chi connectivity index (χ1) is 10.8. The smallest absolute Gasteiger partial charge is 0.228 e. The minimum Gasteiger partial charge on any atom is -0.345 e. The fourth-order valence-electron chi connectivity index (χ4n) is 2.23. The summed E-state index contributed by atoms with van der Waals surface area (Å²) in [5.74, 6) is -0.290. The molecule has 0 radical (unpaired) electrons. The lowest BCUT2D eigenvalue weighted by atomic mass is 9.93. The van der Waals surface area contributed by atoms with E-state index in [0.717, 1.165) is 10.6 Å². The van der Waals surface area contributed by atoms with Gasteiger partial charge in [0.15, 0.2) is 0 Å². The number of nitrogens with zero attached hydrogens (tertiary/aromatic N) is 2. The van der Waals surface area contributed by atoms with E-state index in [1.54, 1.807) is 18.0 Å². The maximum atomic E-state index is 13.3. The molecular weight excluding hydrogens is 313 g/mol. The lowest BCUT2D eigenvalue weighted by molar-refractivity contribution is -0.130. The number of carbonyl (C=O) groups excluding carboxylic acids is 1. The molecule has 2 N–H and O–H groups in total. The molecule has 0 bridgehead atoms. The second-order valence-corrected chi connectivity index (χ2v) is 7.31. The number of benzene rings is 1. The van der Waals surface area contributed by atoms with Gasteiger partial charge in [-0.25, -0.2) is 9.37 Å². The van der Waals surface area contributed by atoms with Crippen LogP contribution in [-0.4, -0.2) is 35.9 Å². The van der Waals surface area contributed by atoms with Gasteiger partial charge in [0.05, 0.1) is 12.1 Å². The SMILES string of the molecule is CN(CC(C)(C)CN)C(=O)Cc1csc(-c2cccc(F)c2)n1. The number of likely N-dealkylation sites (N-methyl/N-ethyl adjacent to an activating group) is 1. The van der Waals surface area contributed by atoms with Crippen molar-refractivity contribution in [3.05, 3.63) is 41.2 Å². The predicted octanol–water partition coefficient (Wildman–Crippen LogP) is 2.94. The Morgan fingerprint density at radius 3 is 2.83 bits per heavy atom. The number of hydrogen-bond acceptors (Lipinski definition) is 4. The third-order valence-corrected chi connectivity index (χ3v) is 4.54. The van der Waals surface area contributed by atoms with Crippen LogP contribution < -0.4 is 5.73 Å². The Kier molecular flexibility index (Phi) is 5.49. The Labute approximate surface area is 140 Å². The Bertz CT molecular complexity index is 684. The van der Waals surface area contributed by atoms with Gasteiger partial charge in [-0.05, 0) is 24.1 Å². The van der Waals surface area contributed by atoms with E-state index in [4.69, 9.17) is 5.73 Å². The number of amides is 1. The Morgan fingerprint density at radius 1 is 1.43 bits per heavy atom. The number of rotatable bonds is 6. The van der Waals surface area contributed by atoms with Gasteiger partial charge in [0.1, 0.15) is 10.8 Å². The minimum atomic E-state index is -0.293. The average Bonchev–Trinajstić information content (AvgIpc) is 2.95. The molecule has 1 aromatic heterocycles. The molecule has 0 aliphatic heterocycles. The molecule has 0 unspecified atom stereocenters. The van der Waals surface area contributed by atoms with Crippen molar-refractivity contribution < 1.29 is 9.18 Å². The van der Waals surface area contributed by atoms with Crippen LogP contribution in [0.3, 0.4) is 0 Å². The lowest BCUT2D eigenvalue weighted by Crippen LogP contribution is -2.40. The first kappa shape index (κ1) is 17.6. The van der Waals surface area contributed by atoms with E-state index in [9.17, 15) is 9.18 Å². The summed E-state index contributed by atoms with van der Waals surface area (Å²) in [4.78, 5) is 18.4. The van der Waals surface area contributed by atoms with Gasteiger partial charge < -0.3 is 10.6 Å². The van der Waals surface area contributed by atoms with E-state index in [1.165, 1.54) is 23.5 Å². The minimum absolute atomic E-state index is 0.00242. The summed E-state index contributed by atoms with van der Waals surface area (Å²) < 4.78 is 13.3. The highest BCUT2D eigenvalue weighted by Gasteiger charge is 2.21. The van der Waals surface area contributed by atoms with E-state index >= 15 is 0 Å². The Hall–Kier alpha value is -1.79. The van der Waals surface area contributed by atoms with Gasteiger partial charge in [-0.1, -0.05) is 26.0 Å². The number of hydrogen-bond donors (Lipinski definition) is 1. The molecule has 0 atom stereocenters. The molecule has 23 heavy (non-hydrogen) atoms. The highest BCUT2D eigenvalue weighted by molar-refractivity contribution is 7.13. The molecule has 0 saturated carbocycles. The summed E-state index contributed by atoms with van der Waals surface area (Å²) in [6, 6.07) is 6.30. The van der Waals surface area contributed by atoms with Gasteiger partial charge in [0.25, 0.3) is 0 Å². The van der Waals surface area contributed by atoms with Gasteiger partial charge in [0, 0.05) is 24.5 Å². The maximum absolute atomic E-state index is 13.3. The van der Waals surface area contributed by atoms with Crippen molar-refractivity contribution >= 4 is 17.2 Å². The highest BCUT2D eigenvalue weighted by Crippen LogP contribution is 2.24. The molecule has 1 amide bonds. The van der Waals surface area contributed by atoms with Crippen LogP contribution >= 0.6 is 11.3 Å². The number of thiazole rings is 1. The molecule has 1 aromatic carbocycles. The Morgan fingerprint density at radius 2 is 2.17 bits per heavy atom. The molecule has 0 aliphatic carbocycles. The van der Waals surface area contributed by atoms with Gasteiger partial charge in [-0.2, -0.15) is 0 Å². The number of nitrogens with two attached hydrogens (primary N) is 1. The molecule has 0 spiro atoms. The summed E-state index contributed by atoms with van der Waals surface area (Å²) in [7, 11) is 1.78. The van der Waals surface area contributed by atoms with Crippen LogP contribution in [0.25, 0.3) is 10.6 Å². The van der Waals surface area contributed by atoms with Crippen molar-refractivity contribution in [2.75, 3.05) is 20.1 Å². The van der Waals surface area contributed by atoms with Crippen molar-refractivity contribution in [2.24, 2.45) is 11.1 Å².